The molecule has 0 unspecified atom stereocenters. The molecule has 0 atom stereocenters. The molecule has 0 aliphatic carbocycles. The van der Waals surface area contributed by atoms with Crippen molar-refractivity contribution >= 4 is 10.1 Å². The molecule has 0 aromatic heterocycles. The smallest absolute Gasteiger partial charge is 0.748 e. The molecule has 0 radical (unpaired) electrons. The van der Waals surface area contributed by atoms with Crippen molar-refractivity contribution < 1.29 is 64.4 Å². The molecule has 0 heterocycles. The first-order chi connectivity index (χ1) is 3.56. The molecular weight excluding hydrogens is 169 g/mol. The van der Waals surface area contributed by atoms with Crippen molar-refractivity contribution in [2.24, 2.45) is 0 Å². The molecule has 0 spiro atoms. The van der Waals surface area contributed by atoms with E-state index in [2.05, 4.69) is 5.32 Å². The number of nitrogens with one attached hydrogen (secondary N) is 1. The molecule has 0 rings (SSSR count). The van der Waals surface area contributed by atoms with Gasteiger partial charge in [0.15, 0.2) is 0 Å². The Kier molecular flexibility index (Phi) is 9.09. The van der Waals surface area contributed by atoms with E-state index in [-0.39, 0.29) is 63.7 Å². The Hall–Kier alpha value is 1.51. The van der Waals surface area contributed by atoms with Gasteiger partial charge in [-0.3, -0.25) is 0 Å². The molecule has 50 valence electrons. The van der Waals surface area contributed by atoms with E-state index < -0.39 is 10.1 Å². The summed E-state index contributed by atoms with van der Waals surface area (Å²) in [7, 11) is -2.41. The third-order valence-electron chi connectivity index (χ3n) is 0.602. The van der Waals surface area contributed by atoms with Crippen LogP contribution in [-0.4, -0.2) is 32.3 Å². The first-order valence-corrected chi connectivity index (χ1v) is 3.72. The van der Waals surface area contributed by atoms with Gasteiger partial charge in [-0.2, -0.15) is 0 Å². The summed E-state index contributed by atoms with van der Waals surface area (Å²) in [6.07, 6.45) is 0. The molecule has 0 saturated carbocycles. The molecule has 0 aromatic carbocycles. The van der Waals surface area contributed by atoms with Gasteiger partial charge in [-0.1, -0.05) is 0 Å². The van der Waals surface area contributed by atoms with Gasteiger partial charge in [0.2, 0.25) is 0 Å². The topological polar surface area (TPSA) is 69.2 Å². The fraction of sp³-hybridized carbons (Fsp3) is 1.00. The summed E-state index contributed by atoms with van der Waals surface area (Å²) in [6, 6.07) is 0. The fourth-order valence-electron chi connectivity index (χ4n) is 0.227. The predicted molar refractivity (Wildman–Crippen MR) is 28.5 cm³/mol. The number of hydrogen-bond acceptors (Lipinski definition) is 4. The van der Waals surface area contributed by atoms with Crippen molar-refractivity contribution in [3.63, 3.8) is 0 Å². The van der Waals surface area contributed by atoms with Crippen LogP contribution in [0.25, 0.3) is 0 Å². The minimum absolute atomic E-state index is 0. The maximum absolute atomic E-state index is 9.79. The first kappa shape index (κ1) is 13.1. The fourth-order valence-corrected chi connectivity index (χ4v) is 0.681. The number of rotatable bonds is 3. The van der Waals surface area contributed by atoms with Crippen molar-refractivity contribution in [2.75, 3.05) is 19.3 Å². The Morgan fingerprint density at radius 2 is 2.00 bits per heavy atom. The third-order valence-corrected chi connectivity index (χ3v) is 1.31. The predicted octanol–water partition coefficient (Wildman–Crippen LogP) is -4.24. The monoisotopic (exact) mass is 177 g/mol. The van der Waals surface area contributed by atoms with Crippen LogP contribution in [0, 0.1) is 0 Å². The molecule has 0 aliphatic heterocycles. The van der Waals surface area contributed by atoms with E-state index in [4.69, 9.17) is 0 Å². The second-order valence-electron chi connectivity index (χ2n) is 1.37. The van der Waals surface area contributed by atoms with E-state index in [1.165, 1.54) is 0 Å². The van der Waals surface area contributed by atoms with E-state index in [9.17, 15) is 13.0 Å². The van der Waals surface area contributed by atoms with Gasteiger partial charge in [0, 0.05) is 6.54 Å². The second-order valence-corrected chi connectivity index (χ2v) is 2.89. The summed E-state index contributed by atoms with van der Waals surface area (Å²) < 4.78 is 29.4. The quantitative estimate of drug-likeness (QED) is 0.350. The molecular formula is C3H8KNO3S. The summed E-state index contributed by atoms with van der Waals surface area (Å²) in [5, 5.41) is 2.55. The van der Waals surface area contributed by atoms with Crippen LogP contribution >= 0.6 is 0 Å². The molecule has 0 aromatic rings. The zero-order valence-corrected chi connectivity index (χ0v) is 9.49. The van der Waals surface area contributed by atoms with Crippen molar-refractivity contribution in [2.45, 2.75) is 0 Å². The van der Waals surface area contributed by atoms with Crippen molar-refractivity contribution in [1.82, 2.24) is 5.32 Å². The van der Waals surface area contributed by atoms with Crippen LogP contribution in [0.15, 0.2) is 0 Å². The Balaban J connectivity index is 0. The molecule has 4 nitrogen and oxygen atoms in total. The van der Waals surface area contributed by atoms with Gasteiger partial charge in [-0.05, 0) is 7.05 Å². The second kappa shape index (κ2) is 6.23. The van der Waals surface area contributed by atoms with E-state index in [0.29, 0.717) is 0 Å². The summed E-state index contributed by atoms with van der Waals surface area (Å²) >= 11 is 0. The van der Waals surface area contributed by atoms with Crippen LogP contribution < -0.4 is 56.7 Å². The molecule has 0 fully saturated rings. The van der Waals surface area contributed by atoms with Crippen molar-refractivity contribution in [1.29, 1.82) is 0 Å². The average Bonchev–Trinajstić information content (AvgIpc) is 1.59. The Morgan fingerprint density at radius 3 is 2.11 bits per heavy atom. The average molecular weight is 177 g/mol. The van der Waals surface area contributed by atoms with E-state index in [0.717, 1.165) is 0 Å². The number of hydrogen-bond donors (Lipinski definition) is 1. The van der Waals surface area contributed by atoms with Gasteiger partial charge in [-0.25, -0.2) is 8.42 Å². The normalized spacial score (nSPS) is 10.4. The summed E-state index contributed by atoms with van der Waals surface area (Å²) in [5.41, 5.74) is 0. The third kappa shape index (κ3) is 12.7. The summed E-state index contributed by atoms with van der Waals surface area (Å²) in [6.45, 7) is 0.228. The van der Waals surface area contributed by atoms with Crippen molar-refractivity contribution in [3.8, 4) is 0 Å². The maximum atomic E-state index is 9.79. The SMILES string of the molecule is CNCCS(=O)(=O)[O-].[K+]. The Labute approximate surface area is 97.6 Å². The zero-order valence-electron chi connectivity index (χ0n) is 5.55. The molecule has 9 heavy (non-hydrogen) atoms. The molecule has 0 aliphatic rings. The molecule has 6 heteroatoms. The molecule has 0 bridgehead atoms. The van der Waals surface area contributed by atoms with Crippen LogP contribution in [0.2, 0.25) is 0 Å². The van der Waals surface area contributed by atoms with Gasteiger partial charge in [0.05, 0.1) is 15.9 Å². The van der Waals surface area contributed by atoms with Crippen molar-refractivity contribution in [3.05, 3.63) is 0 Å². The van der Waals surface area contributed by atoms with Gasteiger partial charge < -0.3 is 9.87 Å². The van der Waals surface area contributed by atoms with Gasteiger partial charge >= 0.3 is 51.4 Å². The minimum Gasteiger partial charge on any atom is -0.748 e. The van der Waals surface area contributed by atoms with Crippen LogP contribution in [0.4, 0.5) is 0 Å². The van der Waals surface area contributed by atoms with Crippen LogP contribution in [0.1, 0.15) is 0 Å². The van der Waals surface area contributed by atoms with Crippen LogP contribution in [0.5, 0.6) is 0 Å². The maximum Gasteiger partial charge on any atom is 1.00 e. The van der Waals surface area contributed by atoms with Gasteiger partial charge in [0.1, 0.15) is 0 Å². The molecule has 0 amide bonds. The largest absolute Gasteiger partial charge is 1.00 e. The van der Waals surface area contributed by atoms with Crippen LogP contribution in [-0.2, 0) is 10.1 Å². The van der Waals surface area contributed by atoms with E-state index >= 15 is 0 Å². The Bertz CT molecular complexity index is 143. The van der Waals surface area contributed by atoms with Gasteiger partial charge in [0.25, 0.3) is 0 Å². The Morgan fingerprint density at radius 1 is 1.56 bits per heavy atom. The van der Waals surface area contributed by atoms with Gasteiger partial charge in [-0.15, -0.1) is 0 Å². The van der Waals surface area contributed by atoms with E-state index in [1.807, 2.05) is 0 Å². The van der Waals surface area contributed by atoms with E-state index in [1.54, 1.807) is 7.05 Å². The molecule has 0 saturated heterocycles. The van der Waals surface area contributed by atoms with Crippen LogP contribution in [0.3, 0.4) is 0 Å². The zero-order chi connectivity index (χ0) is 6.62. The minimum atomic E-state index is -4.00. The first-order valence-electron chi connectivity index (χ1n) is 2.14. The molecule has 1 N–H and O–H groups in total. The summed E-state index contributed by atoms with van der Waals surface area (Å²) in [5.74, 6) is -0.330. The summed E-state index contributed by atoms with van der Waals surface area (Å²) in [4.78, 5) is 0. The standard InChI is InChI=1S/C3H9NO3S.K/c1-4-2-3-8(5,6)7;/h4H,2-3H2,1H3,(H,5,6,7);/q;+1/p-1.